The number of carbonyl (C=O) groups is 2. The quantitative estimate of drug-likeness (QED) is 0.740. The summed E-state index contributed by atoms with van der Waals surface area (Å²) in [5, 5.41) is 14.8. The Morgan fingerprint density at radius 2 is 2.29 bits per heavy atom. The van der Waals surface area contributed by atoms with Gasteiger partial charge in [-0.2, -0.15) is 4.98 Å². The van der Waals surface area contributed by atoms with E-state index in [-0.39, 0.29) is 17.6 Å². The van der Waals surface area contributed by atoms with E-state index in [4.69, 9.17) is 9.52 Å². The van der Waals surface area contributed by atoms with Crippen LogP contribution in [0.15, 0.2) is 29.0 Å². The summed E-state index contributed by atoms with van der Waals surface area (Å²) in [6.45, 7) is 3.31. The summed E-state index contributed by atoms with van der Waals surface area (Å²) >= 11 is 0. The molecule has 3 heterocycles. The van der Waals surface area contributed by atoms with Gasteiger partial charge in [-0.25, -0.2) is 4.79 Å². The number of rotatable bonds is 4. The van der Waals surface area contributed by atoms with Gasteiger partial charge in [0.2, 0.25) is 5.91 Å². The topological polar surface area (TPSA) is 121 Å². The Morgan fingerprint density at radius 3 is 2.96 bits per heavy atom. The van der Waals surface area contributed by atoms with E-state index in [1.807, 2.05) is 13.0 Å². The van der Waals surface area contributed by atoms with Gasteiger partial charge in [0, 0.05) is 25.3 Å². The summed E-state index contributed by atoms with van der Waals surface area (Å²) in [6.07, 6.45) is 2.69. The lowest BCUT2D eigenvalue weighted by Crippen LogP contribution is -2.56. The summed E-state index contributed by atoms with van der Waals surface area (Å²) in [5.74, 6) is -1.35. The molecule has 1 aliphatic heterocycles. The van der Waals surface area contributed by atoms with Crippen molar-refractivity contribution in [3.8, 4) is 0 Å². The number of nitrogens with one attached hydrogen (secondary N) is 2. The Bertz CT molecular complexity index is 743. The van der Waals surface area contributed by atoms with Crippen LogP contribution in [0.1, 0.15) is 16.2 Å². The molecule has 1 amide bonds. The number of hydrogen-bond donors (Lipinski definition) is 3. The fraction of sp³-hybridized carbons (Fsp3) is 0.333. The Kier molecular flexibility index (Phi) is 4.43. The average Bonchev–Trinajstić information content (AvgIpc) is 3.07. The van der Waals surface area contributed by atoms with Gasteiger partial charge in [0.05, 0.1) is 11.9 Å². The number of anilines is 2. The summed E-state index contributed by atoms with van der Waals surface area (Å²) in [4.78, 5) is 33.0. The number of oxazole rings is 1. The SMILES string of the molecule is Cc1ccc(NC(=O)C2CN(c3nc(C(=O)O)co3)CCN2)cn1. The van der Waals surface area contributed by atoms with Gasteiger partial charge in [-0.3, -0.25) is 9.78 Å². The normalized spacial score (nSPS) is 17.5. The van der Waals surface area contributed by atoms with Crippen molar-refractivity contribution in [2.45, 2.75) is 13.0 Å². The zero-order valence-corrected chi connectivity index (χ0v) is 13.0. The average molecular weight is 331 g/mol. The number of aromatic nitrogens is 2. The van der Waals surface area contributed by atoms with Gasteiger partial charge in [0.15, 0.2) is 5.69 Å². The maximum absolute atomic E-state index is 12.4. The number of pyridine rings is 1. The number of carboxylic acid groups (broad SMARTS) is 1. The van der Waals surface area contributed by atoms with Crippen LogP contribution < -0.4 is 15.5 Å². The second-order valence-corrected chi connectivity index (χ2v) is 5.45. The molecule has 2 aromatic rings. The molecule has 3 N–H and O–H groups in total. The molecular weight excluding hydrogens is 314 g/mol. The highest BCUT2D eigenvalue weighted by Gasteiger charge is 2.28. The molecule has 1 fully saturated rings. The zero-order chi connectivity index (χ0) is 17.1. The number of nitrogens with zero attached hydrogens (tertiary/aromatic N) is 3. The second kappa shape index (κ2) is 6.67. The highest BCUT2D eigenvalue weighted by molar-refractivity contribution is 5.95. The number of amides is 1. The Labute approximate surface area is 137 Å². The number of aromatic carboxylic acids is 1. The van der Waals surface area contributed by atoms with Gasteiger partial charge < -0.3 is 25.1 Å². The fourth-order valence-electron chi connectivity index (χ4n) is 2.38. The summed E-state index contributed by atoms with van der Waals surface area (Å²) in [7, 11) is 0. The lowest BCUT2D eigenvalue weighted by molar-refractivity contribution is -0.118. The van der Waals surface area contributed by atoms with Crippen molar-refractivity contribution in [1.82, 2.24) is 15.3 Å². The third-order valence-electron chi connectivity index (χ3n) is 3.65. The van der Waals surface area contributed by atoms with Crippen LogP contribution in [0.25, 0.3) is 0 Å². The smallest absolute Gasteiger partial charge is 0.357 e. The number of carboxylic acids is 1. The van der Waals surface area contributed by atoms with Crippen LogP contribution in [0.4, 0.5) is 11.7 Å². The maximum atomic E-state index is 12.4. The van der Waals surface area contributed by atoms with Crippen LogP contribution in [0, 0.1) is 6.92 Å². The van der Waals surface area contributed by atoms with Gasteiger partial charge in [-0.15, -0.1) is 0 Å². The highest BCUT2D eigenvalue weighted by Crippen LogP contribution is 2.16. The minimum atomic E-state index is -1.15. The molecule has 9 heteroatoms. The van der Waals surface area contributed by atoms with Crippen LogP contribution >= 0.6 is 0 Å². The van der Waals surface area contributed by atoms with Gasteiger partial charge in [-0.05, 0) is 19.1 Å². The van der Waals surface area contributed by atoms with E-state index < -0.39 is 12.0 Å². The van der Waals surface area contributed by atoms with Crippen molar-refractivity contribution in [2.24, 2.45) is 0 Å². The number of hydrogen-bond acceptors (Lipinski definition) is 7. The van der Waals surface area contributed by atoms with E-state index in [1.54, 1.807) is 17.2 Å². The van der Waals surface area contributed by atoms with Crippen LogP contribution in [0.3, 0.4) is 0 Å². The first-order valence-electron chi connectivity index (χ1n) is 7.43. The van der Waals surface area contributed by atoms with Crippen LogP contribution in [0.2, 0.25) is 0 Å². The van der Waals surface area contributed by atoms with Gasteiger partial charge in [0.25, 0.3) is 6.01 Å². The Hall–Kier alpha value is -2.94. The molecule has 126 valence electrons. The maximum Gasteiger partial charge on any atom is 0.357 e. The predicted molar refractivity (Wildman–Crippen MR) is 85.1 cm³/mol. The second-order valence-electron chi connectivity index (χ2n) is 5.45. The minimum absolute atomic E-state index is 0.157. The minimum Gasteiger partial charge on any atom is -0.476 e. The van der Waals surface area contributed by atoms with Gasteiger partial charge in [0.1, 0.15) is 12.3 Å². The number of aryl methyl sites for hydroxylation is 1. The molecule has 3 rings (SSSR count). The largest absolute Gasteiger partial charge is 0.476 e. The van der Waals surface area contributed by atoms with Gasteiger partial charge >= 0.3 is 5.97 Å². The van der Waals surface area contributed by atoms with E-state index in [0.29, 0.717) is 25.3 Å². The third-order valence-corrected chi connectivity index (χ3v) is 3.65. The third kappa shape index (κ3) is 3.51. The lowest BCUT2D eigenvalue weighted by atomic mass is 10.2. The van der Waals surface area contributed by atoms with E-state index in [2.05, 4.69) is 20.6 Å². The standard InChI is InChI=1S/C15H17N5O4/c1-9-2-3-10(6-17-9)18-13(21)11-7-20(5-4-16-11)15-19-12(8-24-15)14(22)23/h2-3,6,8,11,16H,4-5,7H2,1H3,(H,18,21)(H,22,23). The molecule has 2 aromatic heterocycles. The summed E-state index contributed by atoms with van der Waals surface area (Å²) < 4.78 is 5.19. The molecule has 9 nitrogen and oxygen atoms in total. The van der Waals surface area contributed by atoms with Crippen LogP contribution in [0.5, 0.6) is 0 Å². The Balaban J connectivity index is 1.64. The molecule has 1 aliphatic rings. The van der Waals surface area contributed by atoms with Crippen molar-refractivity contribution in [3.63, 3.8) is 0 Å². The number of piperazine rings is 1. The Morgan fingerprint density at radius 1 is 1.46 bits per heavy atom. The molecule has 0 aliphatic carbocycles. The highest BCUT2D eigenvalue weighted by atomic mass is 16.4. The number of carbonyl (C=O) groups excluding carboxylic acids is 1. The zero-order valence-electron chi connectivity index (χ0n) is 13.0. The van der Waals surface area contributed by atoms with Gasteiger partial charge in [-0.1, -0.05) is 0 Å². The fourth-order valence-corrected chi connectivity index (χ4v) is 2.38. The molecule has 0 radical (unpaired) electrons. The van der Waals surface area contributed by atoms with Crippen molar-refractivity contribution in [1.29, 1.82) is 0 Å². The van der Waals surface area contributed by atoms with E-state index in [9.17, 15) is 9.59 Å². The van der Waals surface area contributed by atoms with E-state index >= 15 is 0 Å². The first kappa shape index (κ1) is 15.9. The predicted octanol–water partition coefficient (Wildman–Crippen LogP) is 0.493. The summed E-state index contributed by atoms with van der Waals surface area (Å²) in [5.41, 5.74) is 1.33. The molecule has 0 saturated carbocycles. The monoisotopic (exact) mass is 331 g/mol. The van der Waals surface area contributed by atoms with Crippen molar-refractivity contribution < 1.29 is 19.1 Å². The molecular formula is C15H17N5O4. The summed E-state index contributed by atoms with van der Waals surface area (Å²) in [6, 6.07) is 3.33. The molecule has 0 bridgehead atoms. The molecule has 24 heavy (non-hydrogen) atoms. The first-order valence-corrected chi connectivity index (χ1v) is 7.43. The van der Waals surface area contributed by atoms with Crippen molar-refractivity contribution in [3.05, 3.63) is 36.0 Å². The van der Waals surface area contributed by atoms with E-state index in [0.717, 1.165) is 12.0 Å². The lowest BCUT2D eigenvalue weighted by Gasteiger charge is -2.31. The van der Waals surface area contributed by atoms with E-state index in [1.165, 1.54) is 0 Å². The van der Waals surface area contributed by atoms with Crippen molar-refractivity contribution in [2.75, 3.05) is 29.9 Å². The van der Waals surface area contributed by atoms with Crippen molar-refractivity contribution >= 4 is 23.6 Å². The van der Waals surface area contributed by atoms with Crippen LogP contribution in [-0.4, -0.2) is 52.6 Å². The molecule has 0 aromatic carbocycles. The molecule has 1 unspecified atom stereocenters. The molecule has 1 atom stereocenters. The van der Waals surface area contributed by atoms with Crippen LogP contribution in [-0.2, 0) is 4.79 Å². The molecule has 1 saturated heterocycles. The first-order chi connectivity index (χ1) is 11.5. The molecule has 0 spiro atoms.